The number of para-hydroxylation sites is 1. The van der Waals surface area contributed by atoms with Crippen LogP contribution in [0.1, 0.15) is 22.7 Å². The number of fused-ring (bicyclic) bond motifs is 1. The first-order chi connectivity index (χ1) is 17.1. The van der Waals surface area contributed by atoms with Gasteiger partial charge in [0.15, 0.2) is 0 Å². The van der Waals surface area contributed by atoms with Crippen LogP contribution in [0.5, 0.6) is 5.75 Å². The maximum atomic E-state index is 13.2. The molecule has 3 aromatic rings. The summed E-state index contributed by atoms with van der Waals surface area (Å²) in [6.07, 6.45) is 1.18. The van der Waals surface area contributed by atoms with Gasteiger partial charge in [0.05, 0.1) is 16.1 Å². The Balaban J connectivity index is 2.31. The molecule has 1 aromatic heterocycles. The molecule has 3 rings (SSSR count). The number of benzene rings is 2. The van der Waals surface area contributed by atoms with Gasteiger partial charge >= 0.3 is 0 Å². The van der Waals surface area contributed by atoms with E-state index in [1.165, 1.54) is 25.4 Å². The summed E-state index contributed by atoms with van der Waals surface area (Å²) in [5, 5.41) is 13.2. The second-order valence-corrected chi connectivity index (χ2v) is 14.3. The standard InChI is InChI=1S/C22H28N2O3Si2/c1-28(2,3)19-12-20(29(4,5)6)18(25)11-17(19)24-22(27)15-13-23-16-10-8-7-9-14(16)21(15)26/h7-13,25H,1-6H3,(H,23,26)(H,24,27)/i1D3,2D3,4D3. The third kappa shape index (κ3) is 4.20. The molecule has 0 aliphatic carbocycles. The number of phenols is 1. The van der Waals surface area contributed by atoms with Crippen molar-refractivity contribution in [3.8, 4) is 5.75 Å². The van der Waals surface area contributed by atoms with E-state index in [-0.39, 0.29) is 27.0 Å². The van der Waals surface area contributed by atoms with Crippen molar-refractivity contribution >= 4 is 49.0 Å². The van der Waals surface area contributed by atoms with Crippen LogP contribution < -0.4 is 21.1 Å². The van der Waals surface area contributed by atoms with Gasteiger partial charge in [0.1, 0.15) is 11.3 Å². The molecule has 0 aliphatic rings. The SMILES string of the molecule is [2H]C([2H])([2H])[Si](C)(C)c1cc([Si](C)(C([2H])([2H])[2H])C([2H])([2H])[2H])c(NC(=O)c2c[nH]c3ccccc3c2=O)cc1O. The smallest absolute Gasteiger partial charge is 0.261 e. The highest BCUT2D eigenvalue weighted by Crippen LogP contribution is 2.21. The van der Waals surface area contributed by atoms with Gasteiger partial charge in [0.25, 0.3) is 5.91 Å². The molecule has 0 unspecified atom stereocenters. The lowest BCUT2D eigenvalue weighted by atomic mass is 10.1. The number of anilines is 1. The molecule has 1 heterocycles. The van der Waals surface area contributed by atoms with Gasteiger partial charge in [-0.3, -0.25) is 9.59 Å². The van der Waals surface area contributed by atoms with Crippen molar-refractivity contribution in [3.05, 3.63) is 58.4 Å². The van der Waals surface area contributed by atoms with E-state index in [9.17, 15) is 14.7 Å². The van der Waals surface area contributed by atoms with E-state index in [0.29, 0.717) is 5.52 Å². The highest BCUT2D eigenvalue weighted by Gasteiger charge is 2.28. The zero-order valence-corrected chi connectivity index (χ0v) is 18.3. The number of carbonyl (C=O) groups excluding carboxylic acids is 1. The highest BCUT2D eigenvalue weighted by atomic mass is 28.3. The van der Waals surface area contributed by atoms with Crippen molar-refractivity contribution < 1.29 is 22.2 Å². The molecule has 0 spiro atoms. The lowest BCUT2D eigenvalue weighted by Gasteiger charge is -2.26. The predicted octanol–water partition coefficient (Wildman–Crippen LogP) is 3.58. The van der Waals surface area contributed by atoms with E-state index in [0.717, 1.165) is 18.7 Å². The lowest BCUT2D eigenvalue weighted by molar-refractivity contribution is 0.102. The summed E-state index contributed by atoms with van der Waals surface area (Å²) in [6, 6.07) is 8.60. The third-order valence-corrected chi connectivity index (χ3v) is 7.87. The molecule has 3 N–H and O–H groups in total. The maximum absolute atomic E-state index is 13.2. The molecule has 0 bridgehead atoms. The summed E-state index contributed by atoms with van der Waals surface area (Å²) < 4.78 is 72.9. The van der Waals surface area contributed by atoms with Crippen LogP contribution in [0.2, 0.25) is 39.1 Å². The Bertz CT molecular complexity index is 1450. The minimum absolute atomic E-state index is 0.0544. The van der Waals surface area contributed by atoms with Gasteiger partial charge in [-0.05, 0) is 22.5 Å². The Morgan fingerprint density at radius 3 is 2.45 bits per heavy atom. The third-order valence-electron chi connectivity index (χ3n) is 4.63. The van der Waals surface area contributed by atoms with Crippen molar-refractivity contribution in [1.82, 2.24) is 4.98 Å². The molecule has 152 valence electrons. The van der Waals surface area contributed by atoms with Crippen LogP contribution in [0.4, 0.5) is 5.69 Å². The number of aromatic amines is 1. The Hall–Kier alpha value is -2.65. The first-order valence-electron chi connectivity index (χ1n) is 13.4. The Labute approximate surface area is 185 Å². The number of hydrogen-bond donors (Lipinski definition) is 3. The second kappa shape index (κ2) is 7.31. The fraction of sp³-hybridized carbons (Fsp3) is 0.273. The van der Waals surface area contributed by atoms with Crippen LogP contribution >= 0.6 is 0 Å². The summed E-state index contributed by atoms with van der Waals surface area (Å²) >= 11 is 0. The molecular weight excluding hydrogens is 396 g/mol. The maximum Gasteiger partial charge on any atom is 0.261 e. The van der Waals surface area contributed by atoms with E-state index in [1.54, 1.807) is 18.2 Å². The van der Waals surface area contributed by atoms with Crippen molar-refractivity contribution in [1.29, 1.82) is 0 Å². The predicted molar refractivity (Wildman–Crippen MR) is 127 cm³/mol. The fourth-order valence-corrected chi connectivity index (χ4v) is 5.60. The molecule has 29 heavy (non-hydrogen) atoms. The molecule has 5 nitrogen and oxygen atoms in total. The van der Waals surface area contributed by atoms with E-state index in [4.69, 9.17) is 12.3 Å². The number of nitrogens with one attached hydrogen (secondary N) is 2. The van der Waals surface area contributed by atoms with Gasteiger partial charge in [-0.1, -0.05) is 57.3 Å². The molecule has 2 aromatic carbocycles. The number of carbonyl (C=O) groups is 1. The Kier molecular flexibility index (Phi) is 3.06. The van der Waals surface area contributed by atoms with Crippen LogP contribution in [0.3, 0.4) is 0 Å². The quantitative estimate of drug-likeness (QED) is 0.550. The van der Waals surface area contributed by atoms with E-state index >= 15 is 0 Å². The highest BCUT2D eigenvalue weighted by molar-refractivity contribution is 6.92. The normalized spacial score (nSPS) is 18.1. The van der Waals surface area contributed by atoms with Crippen molar-refractivity contribution in [2.45, 2.75) is 39.1 Å². The Morgan fingerprint density at radius 1 is 1.07 bits per heavy atom. The zero-order valence-electron chi connectivity index (χ0n) is 25.3. The fourth-order valence-electron chi connectivity index (χ4n) is 3.13. The minimum Gasteiger partial charge on any atom is -0.508 e. The number of phenolic OH excluding ortho intramolecular Hbond substituents is 1. The first-order valence-corrected chi connectivity index (χ1v) is 14.4. The number of pyridine rings is 1. The van der Waals surface area contributed by atoms with Crippen molar-refractivity contribution in [2.24, 2.45) is 0 Å². The second-order valence-electron chi connectivity index (χ2n) is 7.70. The van der Waals surface area contributed by atoms with Crippen LogP contribution in [0, 0.1) is 0 Å². The summed E-state index contributed by atoms with van der Waals surface area (Å²) in [5.74, 6) is -1.47. The molecule has 0 saturated carbocycles. The van der Waals surface area contributed by atoms with Gasteiger partial charge in [-0.15, -0.1) is 0 Å². The topological polar surface area (TPSA) is 82.2 Å². The van der Waals surface area contributed by atoms with Gasteiger partial charge in [0, 0.05) is 41.2 Å². The minimum atomic E-state index is -4.56. The number of H-pyrrole nitrogens is 1. The summed E-state index contributed by atoms with van der Waals surface area (Å²) in [6.45, 7) is -4.49. The average Bonchev–Trinajstić information content (AvgIpc) is 2.76. The van der Waals surface area contributed by atoms with Crippen LogP contribution in [0.25, 0.3) is 10.9 Å². The Morgan fingerprint density at radius 2 is 1.76 bits per heavy atom. The number of aromatic hydroxyl groups is 1. The van der Waals surface area contributed by atoms with Gasteiger partial charge in [0.2, 0.25) is 5.43 Å². The number of rotatable bonds is 4. The zero-order chi connectivity index (χ0) is 29.1. The van der Waals surface area contributed by atoms with Crippen LogP contribution in [-0.4, -0.2) is 32.1 Å². The number of aromatic nitrogens is 1. The van der Waals surface area contributed by atoms with Crippen LogP contribution in [0.15, 0.2) is 47.4 Å². The molecule has 7 heteroatoms. The molecule has 0 saturated heterocycles. The molecule has 0 atom stereocenters. The first kappa shape index (κ1) is 12.1. The molecule has 1 amide bonds. The van der Waals surface area contributed by atoms with Crippen molar-refractivity contribution in [2.75, 3.05) is 5.32 Å². The number of amides is 1. The van der Waals surface area contributed by atoms with Crippen molar-refractivity contribution in [3.63, 3.8) is 0 Å². The molecule has 0 aliphatic heterocycles. The van der Waals surface area contributed by atoms with Gasteiger partial charge < -0.3 is 15.4 Å². The largest absolute Gasteiger partial charge is 0.508 e. The monoisotopic (exact) mass is 433 g/mol. The summed E-state index contributed by atoms with van der Waals surface area (Å²) in [7, 11) is -8.05. The van der Waals surface area contributed by atoms with E-state index in [1.807, 2.05) is 0 Å². The molecule has 0 radical (unpaired) electrons. The van der Waals surface area contributed by atoms with Crippen LogP contribution in [-0.2, 0) is 0 Å². The summed E-state index contributed by atoms with van der Waals surface area (Å²) in [5.41, 5.74) is -0.748. The summed E-state index contributed by atoms with van der Waals surface area (Å²) in [4.78, 5) is 29.1. The van der Waals surface area contributed by atoms with E-state index < -0.39 is 52.7 Å². The number of hydrogen-bond acceptors (Lipinski definition) is 3. The average molecular weight is 434 g/mol. The van der Waals surface area contributed by atoms with Gasteiger partial charge in [-0.2, -0.15) is 0 Å². The van der Waals surface area contributed by atoms with Gasteiger partial charge in [-0.25, -0.2) is 0 Å². The van der Waals surface area contributed by atoms with E-state index in [2.05, 4.69) is 10.3 Å². The molecule has 0 fully saturated rings. The molecular formula is C22H28N2O3Si2. The lowest BCUT2D eigenvalue weighted by Crippen LogP contribution is -2.46.